The van der Waals surface area contributed by atoms with Gasteiger partial charge in [0.1, 0.15) is 6.10 Å². The van der Waals surface area contributed by atoms with Crippen molar-refractivity contribution in [3.63, 3.8) is 0 Å². The van der Waals surface area contributed by atoms with Crippen LogP contribution in [-0.2, 0) is 14.3 Å². The molecule has 0 aliphatic rings. The molecule has 1 unspecified atom stereocenters. The van der Waals surface area contributed by atoms with Crippen molar-refractivity contribution in [1.82, 2.24) is 0 Å². The average Bonchev–Trinajstić information content (AvgIpc) is 2.69. The van der Waals surface area contributed by atoms with Crippen molar-refractivity contribution < 1.29 is 19.4 Å². The second-order valence-electron chi connectivity index (χ2n) is 7.90. The molecule has 28 heavy (non-hydrogen) atoms. The minimum Gasteiger partial charge on any atom is -0.466 e. The highest BCUT2D eigenvalue weighted by atomic mass is 16.5. The molecule has 0 aromatic carbocycles. The zero-order valence-corrected chi connectivity index (χ0v) is 18.6. The molecule has 0 aromatic heterocycles. The number of hydrogen-bond donors (Lipinski definition) is 1. The molecule has 4 heteroatoms. The lowest BCUT2D eigenvalue weighted by molar-refractivity contribution is -0.139. The minimum absolute atomic E-state index is 0.0698. The number of aliphatic hydroxyl groups excluding tert-OH is 1. The summed E-state index contributed by atoms with van der Waals surface area (Å²) in [6.07, 6.45) is 20.7. The van der Waals surface area contributed by atoms with Crippen molar-refractivity contribution in [2.75, 3.05) is 7.11 Å². The van der Waals surface area contributed by atoms with Crippen molar-refractivity contribution >= 4 is 11.8 Å². The predicted octanol–water partition coefficient (Wildman–Crippen LogP) is 6.30. The number of methoxy groups -OCH3 is 1. The molecule has 0 rings (SSSR count). The standard InChI is InChI=1S/C24H44O4/c1-4-5-6-7-8-9-10-11-12-13-14-15-16-17-18-19-20-22(24(27)28-3)23(26)21(2)25/h20,23,26H,4-19H2,1-3H3. The Morgan fingerprint density at radius 3 is 1.54 bits per heavy atom. The van der Waals surface area contributed by atoms with E-state index in [1.165, 1.54) is 97.5 Å². The smallest absolute Gasteiger partial charge is 0.336 e. The number of unbranched alkanes of at least 4 members (excludes halogenated alkanes) is 15. The lowest BCUT2D eigenvalue weighted by Crippen LogP contribution is -2.25. The summed E-state index contributed by atoms with van der Waals surface area (Å²) in [5.41, 5.74) is 0.0698. The monoisotopic (exact) mass is 396 g/mol. The summed E-state index contributed by atoms with van der Waals surface area (Å²) in [7, 11) is 1.26. The summed E-state index contributed by atoms with van der Waals surface area (Å²) in [4.78, 5) is 22.9. The molecule has 0 heterocycles. The molecule has 164 valence electrons. The molecule has 0 saturated carbocycles. The highest BCUT2D eigenvalue weighted by Crippen LogP contribution is 2.15. The van der Waals surface area contributed by atoms with Gasteiger partial charge in [-0.1, -0.05) is 103 Å². The van der Waals surface area contributed by atoms with Crippen LogP contribution in [0.1, 0.15) is 117 Å². The van der Waals surface area contributed by atoms with Crippen molar-refractivity contribution in [1.29, 1.82) is 0 Å². The maximum atomic E-state index is 11.6. The number of aliphatic hydroxyl groups is 1. The highest BCUT2D eigenvalue weighted by molar-refractivity contribution is 5.98. The number of ketones is 1. The summed E-state index contributed by atoms with van der Waals surface area (Å²) < 4.78 is 4.64. The summed E-state index contributed by atoms with van der Waals surface area (Å²) in [5, 5.41) is 9.79. The Kier molecular flexibility index (Phi) is 18.4. The first-order chi connectivity index (χ1) is 13.5. The van der Waals surface area contributed by atoms with Gasteiger partial charge in [0.25, 0.3) is 0 Å². The molecule has 0 aliphatic heterocycles. The zero-order chi connectivity index (χ0) is 21.0. The third-order valence-electron chi connectivity index (χ3n) is 5.27. The molecule has 0 bridgehead atoms. The molecule has 1 atom stereocenters. The topological polar surface area (TPSA) is 63.6 Å². The number of carbonyl (C=O) groups excluding carboxylic acids is 2. The molecule has 0 fully saturated rings. The van der Waals surface area contributed by atoms with E-state index in [0.717, 1.165) is 12.8 Å². The van der Waals surface area contributed by atoms with Gasteiger partial charge in [0.2, 0.25) is 0 Å². The van der Waals surface area contributed by atoms with Gasteiger partial charge in [0.15, 0.2) is 5.78 Å². The Morgan fingerprint density at radius 2 is 1.18 bits per heavy atom. The van der Waals surface area contributed by atoms with Crippen LogP contribution in [0.5, 0.6) is 0 Å². The SMILES string of the molecule is CCCCCCCCCCCCCCCCCC=C(C(=O)OC)C(O)C(C)=O. The van der Waals surface area contributed by atoms with Gasteiger partial charge in [-0.05, 0) is 19.8 Å². The number of carbonyl (C=O) groups is 2. The maximum absolute atomic E-state index is 11.6. The van der Waals surface area contributed by atoms with Crippen LogP contribution in [0.4, 0.5) is 0 Å². The van der Waals surface area contributed by atoms with Gasteiger partial charge in [0.05, 0.1) is 12.7 Å². The van der Waals surface area contributed by atoms with E-state index in [9.17, 15) is 14.7 Å². The zero-order valence-electron chi connectivity index (χ0n) is 18.6. The third kappa shape index (κ3) is 14.8. The fraction of sp³-hybridized carbons (Fsp3) is 0.833. The van der Waals surface area contributed by atoms with E-state index in [1.807, 2.05) is 0 Å². The Balaban J connectivity index is 3.58. The van der Waals surface area contributed by atoms with E-state index in [4.69, 9.17) is 0 Å². The second kappa shape index (κ2) is 19.2. The minimum atomic E-state index is -1.37. The first-order valence-electron chi connectivity index (χ1n) is 11.5. The lowest BCUT2D eigenvalue weighted by atomic mass is 10.0. The Hall–Kier alpha value is -1.16. The molecule has 0 spiro atoms. The van der Waals surface area contributed by atoms with Crippen LogP contribution in [0.15, 0.2) is 11.6 Å². The van der Waals surface area contributed by atoms with Crippen molar-refractivity contribution in [2.24, 2.45) is 0 Å². The van der Waals surface area contributed by atoms with Crippen LogP contribution in [0.3, 0.4) is 0 Å². The van der Waals surface area contributed by atoms with E-state index in [1.54, 1.807) is 6.08 Å². The number of allylic oxidation sites excluding steroid dienone is 1. The van der Waals surface area contributed by atoms with Crippen molar-refractivity contribution in [3.8, 4) is 0 Å². The molecule has 0 aromatic rings. The second-order valence-corrected chi connectivity index (χ2v) is 7.90. The molecule has 0 amide bonds. The number of hydrogen-bond acceptors (Lipinski definition) is 4. The molecule has 0 saturated heterocycles. The largest absolute Gasteiger partial charge is 0.466 e. The molecular weight excluding hydrogens is 352 g/mol. The molecule has 1 N–H and O–H groups in total. The normalized spacial score (nSPS) is 12.8. The van der Waals surface area contributed by atoms with Crippen molar-refractivity contribution in [3.05, 3.63) is 11.6 Å². The summed E-state index contributed by atoms with van der Waals surface area (Å²) in [6.45, 7) is 3.54. The van der Waals surface area contributed by atoms with Gasteiger partial charge in [-0.2, -0.15) is 0 Å². The van der Waals surface area contributed by atoms with Crippen molar-refractivity contribution in [2.45, 2.75) is 123 Å². The molecule has 4 nitrogen and oxygen atoms in total. The number of ether oxygens (including phenoxy) is 1. The van der Waals surface area contributed by atoms with E-state index in [2.05, 4.69) is 11.7 Å². The fourth-order valence-corrected chi connectivity index (χ4v) is 3.42. The third-order valence-corrected chi connectivity index (χ3v) is 5.27. The Labute approximate surface area is 173 Å². The quantitative estimate of drug-likeness (QED) is 0.158. The number of rotatable bonds is 19. The summed E-state index contributed by atoms with van der Waals surface area (Å²) in [5.74, 6) is -1.06. The van der Waals surface area contributed by atoms with Crippen LogP contribution in [-0.4, -0.2) is 30.1 Å². The van der Waals surface area contributed by atoms with Crippen LogP contribution >= 0.6 is 0 Å². The number of esters is 1. The molecule has 0 aliphatic carbocycles. The van der Waals surface area contributed by atoms with E-state index >= 15 is 0 Å². The van der Waals surface area contributed by atoms with Crippen LogP contribution < -0.4 is 0 Å². The first-order valence-corrected chi connectivity index (χ1v) is 11.5. The van der Waals surface area contributed by atoms with E-state index < -0.39 is 17.9 Å². The average molecular weight is 397 g/mol. The van der Waals surface area contributed by atoms with Gasteiger partial charge in [-0.15, -0.1) is 0 Å². The summed E-state index contributed by atoms with van der Waals surface area (Å²) >= 11 is 0. The fourth-order valence-electron chi connectivity index (χ4n) is 3.42. The van der Waals surface area contributed by atoms with Crippen LogP contribution in [0.2, 0.25) is 0 Å². The van der Waals surface area contributed by atoms with Crippen LogP contribution in [0, 0.1) is 0 Å². The number of Topliss-reactive ketones (excluding diaryl/α,β-unsaturated/α-hetero) is 1. The van der Waals surface area contributed by atoms with E-state index in [-0.39, 0.29) is 5.57 Å². The molecular formula is C24H44O4. The van der Waals surface area contributed by atoms with Gasteiger partial charge < -0.3 is 9.84 Å². The van der Waals surface area contributed by atoms with Gasteiger partial charge in [0, 0.05) is 0 Å². The Bertz CT molecular complexity index is 428. The van der Waals surface area contributed by atoms with Gasteiger partial charge >= 0.3 is 5.97 Å². The van der Waals surface area contributed by atoms with Gasteiger partial charge in [-0.25, -0.2) is 4.79 Å². The van der Waals surface area contributed by atoms with Gasteiger partial charge in [-0.3, -0.25) is 4.79 Å². The molecule has 0 radical (unpaired) electrons. The van der Waals surface area contributed by atoms with Crippen LogP contribution in [0.25, 0.3) is 0 Å². The lowest BCUT2D eigenvalue weighted by Gasteiger charge is -2.10. The summed E-state index contributed by atoms with van der Waals surface area (Å²) in [6, 6.07) is 0. The predicted molar refractivity (Wildman–Crippen MR) is 116 cm³/mol. The Morgan fingerprint density at radius 1 is 0.786 bits per heavy atom. The van der Waals surface area contributed by atoms with E-state index in [0.29, 0.717) is 6.42 Å². The highest BCUT2D eigenvalue weighted by Gasteiger charge is 2.22. The first kappa shape index (κ1) is 26.8. The maximum Gasteiger partial charge on any atom is 0.336 e.